The minimum atomic E-state index is -0.546. The summed E-state index contributed by atoms with van der Waals surface area (Å²) in [4.78, 5) is 23.0. The number of aryl methyl sites for hydroxylation is 1. The van der Waals surface area contributed by atoms with Crippen molar-refractivity contribution in [1.29, 1.82) is 0 Å². The van der Waals surface area contributed by atoms with E-state index >= 15 is 0 Å². The minimum absolute atomic E-state index is 0.0600. The van der Waals surface area contributed by atoms with Crippen molar-refractivity contribution >= 4 is 34.1 Å². The second-order valence-electron chi connectivity index (χ2n) is 7.53. The van der Waals surface area contributed by atoms with Crippen molar-refractivity contribution in [2.45, 2.75) is 19.6 Å². The number of hydrogen-bond acceptors (Lipinski definition) is 5. The number of hydrogen-bond donors (Lipinski definition) is 1. The van der Waals surface area contributed by atoms with E-state index in [1.165, 1.54) is 18.2 Å². The van der Waals surface area contributed by atoms with Crippen LogP contribution in [-0.4, -0.2) is 37.7 Å². The Bertz CT molecular complexity index is 1310. The zero-order chi connectivity index (χ0) is 23.5. The van der Waals surface area contributed by atoms with Gasteiger partial charge in [-0.15, -0.1) is 0 Å². The van der Waals surface area contributed by atoms with Gasteiger partial charge in [0.1, 0.15) is 12.1 Å². The first kappa shape index (κ1) is 22.5. The van der Waals surface area contributed by atoms with Gasteiger partial charge in [-0.05, 0) is 36.6 Å². The molecular formula is C23H22ClFN6O2. The molecule has 1 N–H and O–H groups in total. The molecule has 170 valence electrons. The molecule has 0 aliphatic heterocycles. The van der Waals surface area contributed by atoms with Gasteiger partial charge < -0.3 is 15.0 Å². The Hall–Kier alpha value is -3.72. The zero-order valence-electron chi connectivity index (χ0n) is 18.3. The molecule has 4 rings (SSSR count). The van der Waals surface area contributed by atoms with Gasteiger partial charge in [0.25, 0.3) is 0 Å². The van der Waals surface area contributed by atoms with Gasteiger partial charge in [-0.25, -0.2) is 19.2 Å². The maximum atomic E-state index is 13.4. The number of aromatic nitrogens is 4. The van der Waals surface area contributed by atoms with Crippen LogP contribution in [0.15, 0.2) is 55.0 Å². The van der Waals surface area contributed by atoms with Crippen LogP contribution in [0.2, 0.25) is 5.02 Å². The van der Waals surface area contributed by atoms with E-state index < -0.39 is 5.82 Å². The van der Waals surface area contributed by atoms with Gasteiger partial charge in [0.2, 0.25) is 5.88 Å². The minimum Gasteiger partial charge on any atom is -0.469 e. The summed E-state index contributed by atoms with van der Waals surface area (Å²) in [5.74, 6) is 0.468. The average molecular weight is 469 g/mol. The fourth-order valence-electron chi connectivity index (χ4n) is 3.39. The standard InChI is InChI=1S/C23H22ClFN6O2/c1-14(31(3)23(32)28-15-8-9-20(25)19(24)10-15)18-11-26-22(17-7-5-4-6-16(17)18)33-12-21-27-13-30(2)29-21/h4-11,13-14H,12H2,1-3H3,(H,28,32)/t14-/m0/s1. The summed E-state index contributed by atoms with van der Waals surface area (Å²) < 4.78 is 20.9. The van der Waals surface area contributed by atoms with Gasteiger partial charge >= 0.3 is 6.03 Å². The van der Waals surface area contributed by atoms with E-state index in [4.69, 9.17) is 16.3 Å². The molecule has 2 amide bonds. The Balaban J connectivity index is 1.55. The molecule has 2 aromatic heterocycles. The maximum Gasteiger partial charge on any atom is 0.322 e. The van der Waals surface area contributed by atoms with Crippen molar-refractivity contribution in [1.82, 2.24) is 24.6 Å². The van der Waals surface area contributed by atoms with Crippen molar-refractivity contribution in [3.05, 3.63) is 77.2 Å². The molecular weight excluding hydrogens is 447 g/mol. The third-order valence-corrected chi connectivity index (χ3v) is 5.59. The Morgan fingerprint density at radius 1 is 1.24 bits per heavy atom. The van der Waals surface area contributed by atoms with Gasteiger partial charge in [0, 0.05) is 36.9 Å². The molecule has 0 bridgehead atoms. The predicted molar refractivity (Wildman–Crippen MR) is 124 cm³/mol. The number of carbonyl (C=O) groups is 1. The van der Waals surface area contributed by atoms with E-state index in [0.717, 1.165) is 16.3 Å². The van der Waals surface area contributed by atoms with E-state index in [2.05, 4.69) is 20.4 Å². The third kappa shape index (κ3) is 4.88. The number of amides is 2. The van der Waals surface area contributed by atoms with Crippen molar-refractivity contribution < 1.29 is 13.9 Å². The number of nitrogens with zero attached hydrogens (tertiary/aromatic N) is 5. The van der Waals surface area contributed by atoms with Crippen molar-refractivity contribution in [2.24, 2.45) is 7.05 Å². The molecule has 2 heterocycles. The summed E-state index contributed by atoms with van der Waals surface area (Å²) in [6, 6.07) is 11.0. The number of ether oxygens (including phenoxy) is 1. The Morgan fingerprint density at radius 2 is 2.00 bits per heavy atom. The summed E-state index contributed by atoms with van der Waals surface area (Å²) in [7, 11) is 3.47. The molecule has 4 aromatic rings. The number of halogens is 2. The van der Waals surface area contributed by atoms with Gasteiger partial charge in [-0.1, -0.05) is 29.8 Å². The Morgan fingerprint density at radius 3 is 2.70 bits per heavy atom. The quantitative estimate of drug-likeness (QED) is 0.432. The number of carbonyl (C=O) groups excluding carboxylic acids is 1. The molecule has 0 spiro atoms. The fourth-order valence-corrected chi connectivity index (χ4v) is 3.57. The molecule has 10 heteroatoms. The molecule has 2 aromatic carbocycles. The van der Waals surface area contributed by atoms with E-state index in [9.17, 15) is 9.18 Å². The van der Waals surface area contributed by atoms with Crippen molar-refractivity contribution in [3.63, 3.8) is 0 Å². The number of anilines is 1. The lowest BCUT2D eigenvalue weighted by Gasteiger charge is -2.26. The molecule has 33 heavy (non-hydrogen) atoms. The molecule has 0 unspecified atom stereocenters. The molecule has 1 atom stereocenters. The number of urea groups is 1. The first-order valence-corrected chi connectivity index (χ1v) is 10.5. The normalized spacial score (nSPS) is 11.9. The number of benzene rings is 2. The lowest BCUT2D eigenvalue weighted by Crippen LogP contribution is -2.33. The highest BCUT2D eigenvalue weighted by atomic mass is 35.5. The van der Waals surface area contributed by atoms with Crippen LogP contribution in [0.4, 0.5) is 14.9 Å². The Kier molecular flexibility index (Phi) is 6.41. The van der Waals surface area contributed by atoms with Crippen molar-refractivity contribution in [3.8, 4) is 5.88 Å². The van der Waals surface area contributed by atoms with Crippen LogP contribution < -0.4 is 10.1 Å². The maximum absolute atomic E-state index is 13.4. The number of pyridine rings is 1. The second kappa shape index (κ2) is 9.41. The largest absolute Gasteiger partial charge is 0.469 e. The van der Waals surface area contributed by atoms with Crippen LogP contribution >= 0.6 is 11.6 Å². The summed E-state index contributed by atoms with van der Waals surface area (Å²) in [6.07, 6.45) is 3.31. The topological polar surface area (TPSA) is 85.2 Å². The monoisotopic (exact) mass is 468 g/mol. The lowest BCUT2D eigenvalue weighted by molar-refractivity contribution is 0.208. The van der Waals surface area contributed by atoms with Crippen molar-refractivity contribution in [2.75, 3.05) is 12.4 Å². The molecule has 0 radical (unpaired) electrons. The number of nitrogens with one attached hydrogen (secondary N) is 1. The first-order valence-electron chi connectivity index (χ1n) is 10.2. The Labute approximate surface area is 195 Å². The SMILES string of the molecule is C[C@@H](c1cnc(OCc2ncn(C)n2)c2ccccc12)N(C)C(=O)Nc1ccc(F)c(Cl)c1. The van der Waals surface area contributed by atoms with Gasteiger partial charge in [-0.3, -0.25) is 4.68 Å². The average Bonchev–Trinajstić information content (AvgIpc) is 3.23. The highest BCUT2D eigenvalue weighted by Gasteiger charge is 2.21. The van der Waals surface area contributed by atoms with Crippen LogP contribution in [0.25, 0.3) is 10.8 Å². The summed E-state index contributed by atoms with van der Waals surface area (Å²) in [6.45, 7) is 2.09. The zero-order valence-corrected chi connectivity index (χ0v) is 19.0. The molecule has 8 nitrogen and oxygen atoms in total. The highest BCUT2D eigenvalue weighted by Crippen LogP contribution is 2.32. The summed E-state index contributed by atoms with van der Waals surface area (Å²) >= 11 is 5.81. The highest BCUT2D eigenvalue weighted by molar-refractivity contribution is 6.31. The predicted octanol–water partition coefficient (Wildman–Crippen LogP) is 4.96. The smallest absolute Gasteiger partial charge is 0.322 e. The van der Waals surface area contributed by atoms with E-state index in [1.54, 1.807) is 36.2 Å². The molecule has 0 aliphatic rings. The van der Waals surface area contributed by atoms with Crippen LogP contribution in [-0.2, 0) is 13.7 Å². The van der Waals surface area contributed by atoms with Crippen LogP contribution in [0.1, 0.15) is 24.4 Å². The van der Waals surface area contributed by atoms with Gasteiger partial charge in [0.05, 0.1) is 11.1 Å². The van der Waals surface area contributed by atoms with E-state index in [1.807, 2.05) is 31.2 Å². The molecule has 0 aliphatic carbocycles. The summed E-state index contributed by atoms with van der Waals surface area (Å²) in [5, 5.41) is 8.61. The van der Waals surface area contributed by atoms with Gasteiger partial charge in [0.15, 0.2) is 12.4 Å². The van der Waals surface area contributed by atoms with Gasteiger partial charge in [-0.2, -0.15) is 5.10 Å². The number of rotatable bonds is 6. The summed E-state index contributed by atoms with van der Waals surface area (Å²) in [5.41, 5.74) is 1.25. The first-order chi connectivity index (χ1) is 15.8. The van der Waals surface area contributed by atoms with E-state index in [0.29, 0.717) is 17.4 Å². The second-order valence-corrected chi connectivity index (χ2v) is 7.94. The molecule has 0 saturated heterocycles. The van der Waals surface area contributed by atoms with Crippen LogP contribution in [0, 0.1) is 5.82 Å². The number of fused-ring (bicyclic) bond motifs is 1. The van der Waals surface area contributed by atoms with Crippen LogP contribution in [0.3, 0.4) is 0 Å². The van der Waals surface area contributed by atoms with E-state index in [-0.39, 0.29) is 23.7 Å². The molecule has 0 fully saturated rings. The lowest BCUT2D eigenvalue weighted by atomic mass is 10.0. The van der Waals surface area contributed by atoms with Crippen LogP contribution in [0.5, 0.6) is 5.88 Å². The third-order valence-electron chi connectivity index (χ3n) is 5.30. The fraction of sp³-hybridized carbons (Fsp3) is 0.217. The molecule has 0 saturated carbocycles.